The SMILES string of the molecule is CC1(c2ccc3ccccc3c2)NC(=O)N(CC(=O)c2ccc(Cl)cc2)C1=O. The van der Waals surface area contributed by atoms with Crippen LogP contribution >= 0.6 is 11.6 Å². The van der Waals surface area contributed by atoms with Crippen LogP contribution < -0.4 is 5.32 Å². The Bertz CT molecular complexity index is 1110. The van der Waals surface area contributed by atoms with Crippen LogP contribution in [-0.2, 0) is 10.3 Å². The maximum atomic E-state index is 13.1. The molecule has 0 aliphatic carbocycles. The monoisotopic (exact) mass is 392 g/mol. The number of benzene rings is 3. The third kappa shape index (κ3) is 3.04. The quantitative estimate of drug-likeness (QED) is 0.536. The van der Waals surface area contributed by atoms with Gasteiger partial charge < -0.3 is 5.32 Å². The van der Waals surface area contributed by atoms with Crippen LogP contribution in [0.25, 0.3) is 10.8 Å². The highest BCUT2D eigenvalue weighted by molar-refractivity contribution is 6.30. The van der Waals surface area contributed by atoms with Gasteiger partial charge in [-0.15, -0.1) is 0 Å². The summed E-state index contributed by atoms with van der Waals surface area (Å²) in [5.74, 6) is -0.780. The molecule has 1 unspecified atom stereocenters. The number of hydrogen-bond acceptors (Lipinski definition) is 3. The van der Waals surface area contributed by atoms with Crippen molar-refractivity contribution in [1.29, 1.82) is 0 Å². The Kier molecular flexibility index (Phi) is 4.40. The molecule has 3 aromatic carbocycles. The second-order valence-corrected chi connectivity index (χ2v) is 7.37. The van der Waals surface area contributed by atoms with Crippen molar-refractivity contribution in [2.24, 2.45) is 0 Å². The zero-order valence-corrected chi connectivity index (χ0v) is 15.9. The van der Waals surface area contributed by atoms with Gasteiger partial charge in [0.15, 0.2) is 5.78 Å². The first-order valence-electron chi connectivity index (χ1n) is 8.81. The second kappa shape index (κ2) is 6.77. The van der Waals surface area contributed by atoms with Crippen molar-refractivity contribution >= 4 is 40.1 Å². The third-order valence-corrected chi connectivity index (χ3v) is 5.32. The number of nitrogens with zero attached hydrogens (tertiary/aromatic N) is 1. The summed E-state index contributed by atoms with van der Waals surface area (Å²) in [5, 5.41) is 5.27. The smallest absolute Gasteiger partial charge is 0.319 e. The molecule has 5 nitrogen and oxygen atoms in total. The first-order valence-corrected chi connectivity index (χ1v) is 9.18. The largest absolute Gasteiger partial charge is 0.325 e. The molecule has 3 aromatic rings. The molecule has 3 amide bonds. The van der Waals surface area contributed by atoms with Crippen molar-refractivity contribution in [3.05, 3.63) is 82.9 Å². The van der Waals surface area contributed by atoms with Gasteiger partial charge in [0.05, 0.1) is 6.54 Å². The Morgan fingerprint density at radius 1 is 1.00 bits per heavy atom. The molecule has 0 spiro atoms. The Labute approximate surface area is 166 Å². The van der Waals surface area contributed by atoms with Gasteiger partial charge in [0.2, 0.25) is 0 Å². The minimum atomic E-state index is -1.22. The molecule has 6 heteroatoms. The number of halogens is 1. The highest BCUT2D eigenvalue weighted by Crippen LogP contribution is 2.31. The Balaban J connectivity index is 1.61. The third-order valence-electron chi connectivity index (χ3n) is 5.07. The van der Waals surface area contributed by atoms with Crippen LogP contribution in [0.2, 0.25) is 5.02 Å². The molecule has 0 radical (unpaired) electrons. The van der Waals surface area contributed by atoms with Gasteiger partial charge in [-0.05, 0) is 53.6 Å². The summed E-state index contributed by atoms with van der Waals surface area (Å²) in [6.07, 6.45) is 0. The van der Waals surface area contributed by atoms with E-state index >= 15 is 0 Å². The van der Waals surface area contributed by atoms with Crippen LogP contribution in [0.5, 0.6) is 0 Å². The van der Waals surface area contributed by atoms with Crippen molar-refractivity contribution < 1.29 is 14.4 Å². The van der Waals surface area contributed by atoms with E-state index in [0.717, 1.165) is 15.7 Å². The number of imide groups is 1. The summed E-state index contributed by atoms with van der Waals surface area (Å²) < 4.78 is 0. The van der Waals surface area contributed by atoms with Crippen LogP contribution in [0.1, 0.15) is 22.8 Å². The normalized spacial score (nSPS) is 19.1. The number of rotatable bonds is 4. The number of carbonyl (C=O) groups excluding carboxylic acids is 3. The molecule has 140 valence electrons. The molecular formula is C22H17ClN2O3. The Morgan fingerprint density at radius 2 is 1.68 bits per heavy atom. The lowest BCUT2D eigenvalue weighted by Crippen LogP contribution is -2.41. The van der Waals surface area contributed by atoms with E-state index in [0.29, 0.717) is 16.1 Å². The molecule has 1 heterocycles. The predicted molar refractivity (Wildman–Crippen MR) is 107 cm³/mol. The van der Waals surface area contributed by atoms with Gasteiger partial charge in [-0.1, -0.05) is 48.0 Å². The fourth-order valence-electron chi connectivity index (χ4n) is 3.41. The molecule has 1 N–H and O–H groups in total. The van der Waals surface area contributed by atoms with E-state index in [1.54, 1.807) is 31.2 Å². The zero-order chi connectivity index (χ0) is 19.9. The molecule has 0 bridgehead atoms. The molecule has 1 saturated heterocycles. The molecule has 1 aliphatic heterocycles. The van der Waals surface area contributed by atoms with Gasteiger partial charge >= 0.3 is 6.03 Å². The van der Waals surface area contributed by atoms with Crippen molar-refractivity contribution in [2.45, 2.75) is 12.5 Å². The topological polar surface area (TPSA) is 66.5 Å². The van der Waals surface area contributed by atoms with Gasteiger partial charge in [0, 0.05) is 10.6 Å². The van der Waals surface area contributed by atoms with Crippen LogP contribution in [-0.4, -0.2) is 29.2 Å². The van der Waals surface area contributed by atoms with E-state index in [9.17, 15) is 14.4 Å². The summed E-state index contributed by atoms with van der Waals surface area (Å²) in [5.41, 5.74) is -0.156. The maximum Gasteiger partial charge on any atom is 0.325 e. The highest BCUT2D eigenvalue weighted by atomic mass is 35.5. The molecule has 0 saturated carbocycles. The number of fused-ring (bicyclic) bond motifs is 1. The van der Waals surface area contributed by atoms with Crippen LogP contribution in [0.3, 0.4) is 0 Å². The minimum absolute atomic E-state index is 0.324. The number of nitrogens with one attached hydrogen (secondary N) is 1. The number of urea groups is 1. The van der Waals surface area contributed by atoms with E-state index in [4.69, 9.17) is 11.6 Å². The number of hydrogen-bond donors (Lipinski definition) is 1. The van der Waals surface area contributed by atoms with Crippen molar-refractivity contribution in [1.82, 2.24) is 10.2 Å². The standard InChI is InChI=1S/C22H17ClN2O3/c1-22(17-9-6-14-4-2-3-5-16(14)12-17)20(27)25(21(28)24-22)13-19(26)15-7-10-18(23)11-8-15/h2-12H,13H2,1H3,(H,24,28). The number of amides is 3. The highest BCUT2D eigenvalue weighted by Gasteiger charge is 2.49. The molecule has 0 aromatic heterocycles. The number of ketones is 1. The van der Waals surface area contributed by atoms with Gasteiger partial charge in [0.1, 0.15) is 5.54 Å². The number of carbonyl (C=O) groups is 3. The average molecular weight is 393 g/mol. The van der Waals surface area contributed by atoms with Crippen molar-refractivity contribution in [2.75, 3.05) is 6.54 Å². The summed E-state index contributed by atoms with van der Waals surface area (Å²) in [6.45, 7) is 1.33. The lowest BCUT2D eigenvalue weighted by molar-refractivity contribution is -0.130. The van der Waals surface area contributed by atoms with E-state index in [2.05, 4.69) is 5.32 Å². The molecule has 4 rings (SSSR count). The molecule has 1 atom stereocenters. The van der Waals surface area contributed by atoms with E-state index in [-0.39, 0.29) is 12.3 Å². The van der Waals surface area contributed by atoms with Gasteiger partial charge in [-0.25, -0.2) is 4.79 Å². The summed E-state index contributed by atoms with van der Waals surface area (Å²) in [6, 6.07) is 19.2. The maximum absolute atomic E-state index is 13.1. The van der Waals surface area contributed by atoms with Crippen LogP contribution in [0.4, 0.5) is 4.79 Å². The lowest BCUT2D eigenvalue weighted by Gasteiger charge is -2.22. The molecular weight excluding hydrogens is 376 g/mol. The second-order valence-electron chi connectivity index (χ2n) is 6.94. The van der Waals surface area contributed by atoms with Crippen LogP contribution in [0.15, 0.2) is 66.7 Å². The zero-order valence-electron chi connectivity index (χ0n) is 15.1. The Morgan fingerprint density at radius 3 is 2.39 bits per heavy atom. The summed E-state index contributed by atoms with van der Waals surface area (Å²) in [4.78, 5) is 39.0. The van der Waals surface area contributed by atoms with Gasteiger partial charge in [-0.2, -0.15) is 0 Å². The first-order chi connectivity index (χ1) is 13.4. The average Bonchev–Trinajstić information content (AvgIpc) is 2.92. The van der Waals surface area contributed by atoms with Crippen molar-refractivity contribution in [3.63, 3.8) is 0 Å². The fourth-order valence-corrected chi connectivity index (χ4v) is 3.53. The molecule has 1 aliphatic rings. The Hall–Kier alpha value is -3.18. The van der Waals surface area contributed by atoms with Crippen molar-refractivity contribution in [3.8, 4) is 0 Å². The first kappa shape index (κ1) is 18.2. The number of Topliss-reactive ketones (excluding diaryl/α,β-unsaturated/α-hetero) is 1. The minimum Gasteiger partial charge on any atom is -0.319 e. The predicted octanol–water partition coefficient (Wildman–Crippen LogP) is 4.14. The lowest BCUT2D eigenvalue weighted by atomic mass is 9.90. The summed E-state index contributed by atoms with van der Waals surface area (Å²) >= 11 is 5.84. The fraction of sp³-hybridized carbons (Fsp3) is 0.136. The van der Waals surface area contributed by atoms with E-state index in [1.807, 2.05) is 42.5 Å². The van der Waals surface area contributed by atoms with E-state index in [1.165, 1.54) is 0 Å². The van der Waals surface area contributed by atoms with E-state index < -0.39 is 17.5 Å². The van der Waals surface area contributed by atoms with Gasteiger partial charge in [0.25, 0.3) is 5.91 Å². The van der Waals surface area contributed by atoms with Crippen LogP contribution in [0, 0.1) is 0 Å². The summed E-state index contributed by atoms with van der Waals surface area (Å²) in [7, 11) is 0. The van der Waals surface area contributed by atoms with Gasteiger partial charge in [-0.3, -0.25) is 14.5 Å². The molecule has 1 fully saturated rings. The molecule has 28 heavy (non-hydrogen) atoms.